The van der Waals surface area contributed by atoms with Crippen LogP contribution in [-0.4, -0.2) is 48.7 Å². The van der Waals surface area contributed by atoms with Gasteiger partial charge in [-0.05, 0) is 55.3 Å². The third kappa shape index (κ3) is 4.29. The molecule has 1 aromatic heterocycles. The Balaban J connectivity index is 1.24. The van der Waals surface area contributed by atoms with Gasteiger partial charge in [0, 0.05) is 37.2 Å². The highest BCUT2D eigenvalue weighted by atomic mass is 32.2. The Hall–Kier alpha value is -3.44. The third-order valence-electron chi connectivity index (χ3n) is 5.69. The fourth-order valence-electron chi connectivity index (χ4n) is 3.96. The van der Waals surface area contributed by atoms with E-state index in [0.29, 0.717) is 54.8 Å². The summed E-state index contributed by atoms with van der Waals surface area (Å²) in [6, 6.07) is 11.6. The lowest BCUT2D eigenvalue weighted by molar-refractivity contribution is -0.114. The molecule has 11 heteroatoms. The SMILES string of the molecule is CC(=O)Nc1ccc(S(=O)(=O)N2CCC(c3nc(-c4ccc5c(c4)OCO5)no3)CC2)cc1. The standard InChI is InChI=1S/C22H22N4O6S/c1-14(27)23-17-3-5-18(6-4-17)33(28,29)26-10-8-15(9-11-26)22-24-21(25-32-22)16-2-7-19-20(12-16)31-13-30-19/h2-7,12,15H,8-11,13H2,1H3,(H,23,27). The lowest BCUT2D eigenvalue weighted by Crippen LogP contribution is -2.37. The van der Waals surface area contributed by atoms with Crippen LogP contribution in [0.15, 0.2) is 51.9 Å². The second-order valence-electron chi connectivity index (χ2n) is 7.91. The molecule has 2 aliphatic rings. The van der Waals surface area contributed by atoms with E-state index in [9.17, 15) is 13.2 Å². The predicted octanol–water partition coefficient (Wildman–Crippen LogP) is 2.99. The van der Waals surface area contributed by atoms with Crippen molar-refractivity contribution in [2.24, 2.45) is 0 Å². The number of hydrogen-bond donors (Lipinski definition) is 1. The molecule has 33 heavy (non-hydrogen) atoms. The number of rotatable bonds is 5. The molecule has 0 radical (unpaired) electrons. The molecule has 1 fully saturated rings. The minimum absolute atomic E-state index is 0.0196. The van der Waals surface area contributed by atoms with E-state index in [2.05, 4.69) is 15.5 Å². The molecule has 0 spiro atoms. The van der Waals surface area contributed by atoms with Gasteiger partial charge in [-0.1, -0.05) is 5.16 Å². The summed E-state index contributed by atoms with van der Waals surface area (Å²) in [5.74, 6) is 2.05. The van der Waals surface area contributed by atoms with Crippen LogP contribution in [-0.2, 0) is 14.8 Å². The molecule has 0 bridgehead atoms. The first-order chi connectivity index (χ1) is 15.9. The molecular weight excluding hydrogens is 448 g/mol. The number of aromatic nitrogens is 2. The topological polar surface area (TPSA) is 124 Å². The van der Waals surface area contributed by atoms with Crippen LogP contribution in [0.2, 0.25) is 0 Å². The third-order valence-corrected chi connectivity index (χ3v) is 7.60. The molecule has 5 rings (SSSR count). The minimum atomic E-state index is -3.63. The highest BCUT2D eigenvalue weighted by Crippen LogP contribution is 2.36. The number of hydrogen-bond acceptors (Lipinski definition) is 8. The Morgan fingerprint density at radius 2 is 1.79 bits per heavy atom. The molecule has 0 aliphatic carbocycles. The lowest BCUT2D eigenvalue weighted by atomic mass is 9.98. The highest BCUT2D eigenvalue weighted by Gasteiger charge is 2.32. The van der Waals surface area contributed by atoms with Crippen molar-refractivity contribution in [1.82, 2.24) is 14.4 Å². The van der Waals surface area contributed by atoms with Crippen molar-refractivity contribution in [2.45, 2.75) is 30.6 Å². The number of piperidine rings is 1. The molecule has 2 aromatic carbocycles. The first-order valence-corrected chi connectivity index (χ1v) is 12.0. The van der Waals surface area contributed by atoms with Crippen molar-refractivity contribution in [1.29, 1.82) is 0 Å². The summed E-state index contributed by atoms with van der Waals surface area (Å²) >= 11 is 0. The monoisotopic (exact) mass is 470 g/mol. The van der Waals surface area contributed by atoms with E-state index < -0.39 is 10.0 Å². The summed E-state index contributed by atoms with van der Waals surface area (Å²) in [6.45, 7) is 2.29. The van der Waals surface area contributed by atoms with Gasteiger partial charge in [-0.2, -0.15) is 9.29 Å². The lowest BCUT2D eigenvalue weighted by Gasteiger charge is -2.29. The molecule has 1 saturated heterocycles. The molecular formula is C22H22N4O6S. The fourth-order valence-corrected chi connectivity index (χ4v) is 5.43. The van der Waals surface area contributed by atoms with E-state index in [4.69, 9.17) is 14.0 Å². The maximum absolute atomic E-state index is 13.0. The zero-order valence-electron chi connectivity index (χ0n) is 17.9. The second kappa shape index (κ2) is 8.49. The zero-order valence-corrected chi connectivity index (χ0v) is 18.7. The summed E-state index contributed by atoms with van der Waals surface area (Å²) in [7, 11) is -3.63. The van der Waals surface area contributed by atoms with Crippen LogP contribution in [0, 0.1) is 0 Å². The number of nitrogens with zero attached hydrogens (tertiary/aromatic N) is 3. The fraction of sp³-hybridized carbons (Fsp3) is 0.318. The van der Waals surface area contributed by atoms with Crippen LogP contribution < -0.4 is 14.8 Å². The summed E-state index contributed by atoms with van der Waals surface area (Å²) in [4.78, 5) is 15.9. The van der Waals surface area contributed by atoms with Gasteiger partial charge in [-0.3, -0.25) is 4.79 Å². The number of anilines is 1. The number of fused-ring (bicyclic) bond motifs is 1. The van der Waals surface area contributed by atoms with Gasteiger partial charge >= 0.3 is 0 Å². The molecule has 172 valence electrons. The van der Waals surface area contributed by atoms with Crippen molar-refractivity contribution >= 4 is 21.6 Å². The largest absolute Gasteiger partial charge is 0.454 e. The number of amides is 1. The first kappa shape index (κ1) is 21.4. The molecule has 0 atom stereocenters. The van der Waals surface area contributed by atoms with Crippen molar-refractivity contribution in [2.75, 3.05) is 25.2 Å². The smallest absolute Gasteiger partial charge is 0.243 e. The molecule has 1 amide bonds. The van der Waals surface area contributed by atoms with E-state index in [0.717, 1.165) is 5.56 Å². The number of benzene rings is 2. The average Bonchev–Trinajstić information content (AvgIpc) is 3.48. The van der Waals surface area contributed by atoms with Gasteiger partial charge in [-0.15, -0.1) is 0 Å². The Morgan fingerprint density at radius 3 is 2.52 bits per heavy atom. The van der Waals surface area contributed by atoms with Crippen LogP contribution in [0.3, 0.4) is 0 Å². The van der Waals surface area contributed by atoms with Crippen LogP contribution in [0.5, 0.6) is 11.5 Å². The van der Waals surface area contributed by atoms with Crippen molar-refractivity contribution < 1.29 is 27.2 Å². The van der Waals surface area contributed by atoms with Gasteiger partial charge in [0.15, 0.2) is 11.5 Å². The number of carbonyl (C=O) groups excluding carboxylic acids is 1. The predicted molar refractivity (Wildman–Crippen MR) is 117 cm³/mol. The summed E-state index contributed by atoms with van der Waals surface area (Å²) in [5, 5.41) is 6.72. The van der Waals surface area contributed by atoms with Crippen LogP contribution >= 0.6 is 0 Å². The molecule has 0 saturated carbocycles. The van der Waals surface area contributed by atoms with Gasteiger partial charge in [0.25, 0.3) is 0 Å². The normalized spacial score (nSPS) is 16.6. The molecule has 2 aliphatic heterocycles. The number of ether oxygens (including phenoxy) is 2. The molecule has 10 nitrogen and oxygen atoms in total. The van der Waals surface area contributed by atoms with E-state index in [1.807, 2.05) is 12.1 Å². The van der Waals surface area contributed by atoms with Crippen molar-refractivity contribution in [3.63, 3.8) is 0 Å². The maximum atomic E-state index is 13.0. The number of nitrogens with one attached hydrogen (secondary N) is 1. The van der Waals surface area contributed by atoms with E-state index >= 15 is 0 Å². The maximum Gasteiger partial charge on any atom is 0.243 e. The number of carbonyl (C=O) groups is 1. The average molecular weight is 471 g/mol. The van der Waals surface area contributed by atoms with Gasteiger partial charge in [0.2, 0.25) is 34.4 Å². The van der Waals surface area contributed by atoms with Gasteiger partial charge < -0.3 is 19.3 Å². The number of sulfonamides is 1. The van der Waals surface area contributed by atoms with E-state index in [1.54, 1.807) is 18.2 Å². The summed E-state index contributed by atoms with van der Waals surface area (Å²) < 4.78 is 43.7. The first-order valence-electron chi connectivity index (χ1n) is 10.5. The van der Waals surface area contributed by atoms with E-state index in [-0.39, 0.29) is 23.5 Å². The molecule has 0 unspecified atom stereocenters. The van der Waals surface area contributed by atoms with Crippen LogP contribution in [0.25, 0.3) is 11.4 Å². The van der Waals surface area contributed by atoms with Gasteiger partial charge in [-0.25, -0.2) is 8.42 Å². The zero-order chi connectivity index (χ0) is 23.0. The Bertz CT molecular complexity index is 1280. The highest BCUT2D eigenvalue weighted by molar-refractivity contribution is 7.89. The Kier molecular flexibility index (Phi) is 5.51. The Morgan fingerprint density at radius 1 is 1.06 bits per heavy atom. The Labute approximate surface area is 190 Å². The van der Waals surface area contributed by atoms with Crippen LogP contribution in [0.4, 0.5) is 5.69 Å². The van der Waals surface area contributed by atoms with Crippen molar-refractivity contribution in [3.05, 3.63) is 48.4 Å². The van der Waals surface area contributed by atoms with Gasteiger partial charge in [0.1, 0.15) is 0 Å². The molecule has 3 aromatic rings. The van der Waals surface area contributed by atoms with E-state index in [1.165, 1.54) is 23.4 Å². The van der Waals surface area contributed by atoms with Gasteiger partial charge in [0.05, 0.1) is 4.90 Å². The van der Waals surface area contributed by atoms with Crippen molar-refractivity contribution in [3.8, 4) is 22.9 Å². The summed E-state index contributed by atoms with van der Waals surface area (Å²) in [5.41, 5.74) is 1.31. The quantitative estimate of drug-likeness (QED) is 0.604. The summed E-state index contributed by atoms with van der Waals surface area (Å²) in [6.07, 6.45) is 1.15. The second-order valence-corrected chi connectivity index (χ2v) is 9.85. The molecule has 1 N–H and O–H groups in total. The minimum Gasteiger partial charge on any atom is -0.454 e. The molecule has 3 heterocycles. The van der Waals surface area contributed by atoms with Crippen LogP contribution in [0.1, 0.15) is 31.6 Å².